The van der Waals surface area contributed by atoms with Crippen LogP contribution in [0, 0.1) is 17.2 Å². The summed E-state index contributed by atoms with van der Waals surface area (Å²) in [7, 11) is 1.62. The highest BCUT2D eigenvalue weighted by atomic mass is 19.1. The van der Waals surface area contributed by atoms with Gasteiger partial charge in [-0.1, -0.05) is 45.0 Å². The van der Waals surface area contributed by atoms with Gasteiger partial charge in [0.25, 0.3) is 0 Å². The van der Waals surface area contributed by atoms with Crippen LogP contribution in [0.1, 0.15) is 81.5 Å². The third kappa shape index (κ3) is 4.25. The molecular formula is C35H39FO2. The minimum Gasteiger partial charge on any atom is -0.497 e. The average molecular weight is 511 g/mol. The van der Waals surface area contributed by atoms with E-state index >= 15 is 4.39 Å². The van der Waals surface area contributed by atoms with E-state index in [4.69, 9.17) is 9.47 Å². The van der Waals surface area contributed by atoms with Crippen LogP contribution in [0.2, 0.25) is 0 Å². The molecule has 2 nitrogen and oxygen atoms in total. The van der Waals surface area contributed by atoms with Crippen LogP contribution in [0.3, 0.4) is 0 Å². The molecular weight excluding hydrogens is 471 g/mol. The molecule has 0 heterocycles. The Balaban J connectivity index is 1.33. The Bertz CT molecular complexity index is 1400. The summed E-state index contributed by atoms with van der Waals surface area (Å²) in [5.41, 5.74) is 8.39. The van der Waals surface area contributed by atoms with Gasteiger partial charge in [-0.05, 0) is 131 Å². The summed E-state index contributed by atoms with van der Waals surface area (Å²) in [6.07, 6.45) is 10.9. The largest absolute Gasteiger partial charge is 0.497 e. The molecule has 6 rings (SSSR count). The van der Waals surface area contributed by atoms with Crippen molar-refractivity contribution in [3.63, 3.8) is 0 Å². The quantitative estimate of drug-likeness (QED) is 0.329. The zero-order valence-corrected chi connectivity index (χ0v) is 23.2. The van der Waals surface area contributed by atoms with Crippen molar-refractivity contribution in [1.82, 2.24) is 0 Å². The van der Waals surface area contributed by atoms with Gasteiger partial charge in [0.1, 0.15) is 23.9 Å². The van der Waals surface area contributed by atoms with Gasteiger partial charge in [0.05, 0.1) is 7.11 Å². The van der Waals surface area contributed by atoms with E-state index in [9.17, 15) is 0 Å². The van der Waals surface area contributed by atoms with Crippen LogP contribution < -0.4 is 9.47 Å². The lowest BCUT2D eigenvalue weighted by molar-refractivity contribution is 0.114. The van der Waals surface area contributed by atoms with Gasteiger partial charge in [-0.3, -0.25) is 0 Å². The maximum Gasteiger partial charge on any atom is 0.131 e. The highest BCUT2D eigenvalue weighted by Crippen LogP contribution is 2.55. The normalized spacial score (nSPS) is 23.5. The van der Waals surface area contributed by atoms with E-state index in [0.29, 0.717) is 23.3 Å². The number of allylic oxidation sites excluding steroid dienone is 2. The summed E-state index contributed by atoms with van der Waals surface area (Å²) >= 11 is 0. The Hall–Kier alpha value is -3.07. The van der Waals surface area contributed by atoms with E-state index in [1.165, 1.54) is 54.9 Å². The van der Waals surface area contributed by atoms with Gasteiger partial charge in [-0.15, -0.1) is 0 Å². The summed E-state index contributed by atoms with van der Waals surface area (Å²) in [5, 5.41) is 0. The molecule has 0 amide bonds. The predicted octanol–water partition coefficient (Wildman–Crippen LogP) is 9.29. The molecule has 38 heavy (non-hydrogen) atoms. The number of fused-ring (bicyclic) bond motifs is 2. The standard InChI is InChI=1S/C35H39FO2/c1-23-15-18-35(23)17-5-7-25-10-11-27(21-32(25)35)38-22-24-9-13-28(30-20-26(37-4)12-14-33(30)36)29(19-24)31-8-6-16-34(31,2)3/h8-14,19-21,23H,5-7,15-18,22H2,1-4H3/t23-,35-/m0/s1. The minimum atomic E-state index is -0.235. The summed E-state index contributed by atoms with van der Waals surface area (Å²) in [5.74, 6) is 2.13. The van der Waals surface area contributed by atoms with E-state index in [-0.39, 0.29) is 11.2 Å². The number of hydrogen-bond acceptors (Lipinski definition) is 2. The van der Waals surface area contributed by atoms with Gasteiger partial charge < -0.3 is 9.47 Å². The van der Waals surface area contributed by atoms with Crippen LogP contribution in [-0.4, -0.2) is 7.11 Å². The van der Waals surface area contributed by atoms with Crippen molar-refractivity contribution in [3.05, 3.63) is 88.7 Å². The second-order valence-electron chi connectivity index (χ2n) is 12.3. The first-order chi connectivity index (χ1) is 18.3. The van der Waals surface area contributed by atoms with Crippen molar-refractivity contribution < 1.29 is 13.9 Å². The lowest BCUT2D eigenvalue weighted by Gasteiger charge is -2.52. The maximum absolute atomic E-state index is 15.1. The molecule has 0 saturated heterocycles. The van der Waals surface area contributed by atoms with Crippen LogP contribution in [0.4, 0.5) is 4.39 Å². The van der Waals surface area contributed by atoms with Crippen molar-refractivity contribution in [2.45, 2.75) is 77.7 Å². The SMILES string of the molecule is COc1ccc(F)c(-c2ccc(COc3ccc4c(c3)[C@@]3(CCC4)CC[C@@H]3C)cc2C2=CCCC2(C)C)c1. The number of rotatable bonds is 6. The fraction of sp³-hybridized carbons (Fsp3) is 0.429. The lowest BCUT2D eigenvalue weighted by atomic mass is 9.52. The summed E-state index contributed by atoms with van der Waals surface area (Å²) < 4.78 is 26.9. The van der Waals surface area contributed by atoms with Gasteiger partial charge in [-0.2, -0.15) is 0 Å². The van der Waals surface area contributed by atoms with Gasteiger partial charge in [0.15, 0.2) is 0 Å². The highest BCUT2D eigenvalue weighted by molar-refractivity contribution is 5.85. The van der Waals surface area contributed by atoms with Gasteiger partial charge in [0.2, 0.25) is 0 Å². The summed E-state index contributed by atoms with van der Waals surface area (Å²) in [6.45, 7) is 7.47. The Morgan fingerprint density at radius 2 is 1.74 bits per heavy atom. The molecule has 0 radical (unpaired) electrons. The molecule has 1 saturated carbocycles. The molecule has 3 aromatic rings. The zero-order chi connectivity index (χ0) is 26.5. The number of ether oxygens (including phenoxy) is 2. The Labute approximate surface area is 226 Å². The molecule has 0 N–H and O–H groups in total. The second-order valence-corrected chi connectivity index (χ2v) is 12.3. The fourth-order valence-electron chi connectivity index (χ4n) is 7.21. The van der Waals surface area contributed by atoms with Crippen molar-refractivity contribution in [2.24, 2.45) is 11.3 Å². The number of benzene rings is 3. The topological polar surface area (TPSA) is 18.5 Å². The Morgan fingerprint density at radius 1 is 0.895 bits per heavy atom. The first-order valence-electron chi connectivity index (χ1n) is 14.2. The lowest BCUT2D eigenvalue weighted by Crippen LogP contribution is -2.45. The van der Waals surface area contributed by atoms with Crippen LogP contribution in [0.15, 0.2) is 60.7 Å². The van der Waals surface area contributed by atoms with Crippen LogP contribution >= 0.6 is 0 Å². The van der Waals surface area contributed by atoms with Crippen molar-refractivity contribution >= 4 is 5.57 Å². The number of aryl methyl sites for hydroxylation is 1. The summed E-state index contributed by atoms with van der Waals surface area (Å²) in [4.78, 5) is 0. The first-order valence-corrected chi connectivity index (χ1v) is 14.2. The third-order valence-corrected chi connectivity index (χ3v) is 9.74. The molecule has 0 bridgehead atoms. The zero-order valence-electron chi connectivity index (χ0n) is 23.2. The van der Waals surface area contributed by atoms with Gasteiger partial charge >= 0.3 is 0 Å². The average Bonchev–Trinajstić information content (AvgIpc) is 3.29. The van der Waals surface area contributed by atoms with Crippen molar-refractivity contribution in [2.75, 3.05) is 7.11 Å². The fourth-order valence-corrected chi connectivity index (χ4v) is 7.21. The van der Waals surface area contributed by atoms with E-state index in [1.807, 2.05) is 0 Å². The van der Waals surface area contributed by atoms with E-state index in [2.05, 4.69) is 63.2 Å². The Kier molecular flexibility index (Phi) is 6.37. The molecule has 3 aromatic carbocycles. The molecule has 1 fully saturated rings. The smallest absolute Gasteiger partial charge is 0.131 e. The first kappa shape index (κ1) is 25.2. The second kappa shape index (κ2) is 9.59. The number of halogens is 1. The molecule has 3 aliphatic carbocycles. The van der Waals surface area contributed by atoms with Crippen LogP contribution in [-0.2, 0) is 18.4 Å². The number of methoxy groups -OCH3 is 1. The Morgan fingerprint density at radius 3 is 2.45 bits per heavy atom. The molecule has 0 unspecified atom stereocenters. The van der Waals surface area contributed by atoms with Crippen LogP contribution in [0.5, 0.6) is 11.5 Å². The molecule has 0 aliphatic heterocycles. The minimum absolute atomic E-state index is 0.0376. The van der Waals surface area contributed by atoms with E-state index < -0.39 is 0 Å². The maximum atomic E-state index is 15.1. The van der Waals surface area contributed by atoms with Gasteiger partial charge in [0, 0.05) is 5.56 Å². The number of hydrogen-bond donors (Lipinski definition) is 0. The molecule has 3 heteroatoms. The third-order valence-electron chi connectivity index (χ3n) is 9.74. The van der Waals surface area contributed by atoms with Gasteiger partial charge in [-0.25, -0.2) is 4.39 Å². The van der Waals surface area contributed by atoms with E-state index in [1.54, 1.807) is 19.2 Å². The predicted molar refractivity (Wildman–Crippen MR) is 153 cm³/mol. The van der Waals surface area contributed by atoms with E-state index in [0.717, 1.165) is 41.2 Å². The highest BCUT2D eigenvalue weighted by Gasteiger charge is 2.47. The molecule has 2 atom stereocenters. The van der Waals surface area contributed by atoms with Crippen LogP contribution in [0.25, 0.3) is 16.7 Å². The molecule has 1 spiro atoms. The van der Waals surface area contributed by atoms with Crippen molar-refractivity contribution in [3.8, 4) is 22.6 Å². The molecule has 198 valence electrons. The monoisotopic (exact) mass is 510 g/mol. The summed E-state index contributed by atoms with van der Waals surface area (Å²) in [6, 6.07) is 18.1. The molecule has 0 aromatic heterocycles. The van der Waals surface area contributed by atoms with Crippen molar-refractivity contribution in [1.29, 1.82) is 0 Å². The molecule has 3 aliphatic rings.